The third-order valence-corrected chi connectivity index (χ3v) is 2.36. The highest BCUT2D eigenvalue weighted by atomic mass is 79.9. The van der Waals surface area contributed by atoms with Crippen molar-refractivity contribution in [2.24, 2.45) is 0 Å². The fraction of sp³-hybridized carbons (Fsp3) is 0.444. The van der Waals surface area contributed by atoms with Gasteiger partial charge in [0.15, 0.2) is 0 Å². The number of halogens is 1. The Bertz CT molecular complexity index is 268. The van der Waals surface area contributed by atoms with Crippen LogP contribution in [-0.2, 0) is 0 Å². The quantitative estimate of drug-likeness (QED) is 0.844. The Labute approximate surface area is 86.3 Å². The second kappa shape index (κ2) is 5.32. The van der Waals surface area contributed by atoms with Crippen molar-refractivity contribution < 1.29 is 5.11 Å². The van der Waals surface area contributed by atoms with Crippen LogP contribution in [0.15, 0.2) is 22.8 Å². The predicted octanol–water partition coefficient (Wildman–Crippen LogP) is 1.49. The Morgan fingerprint density at radius 2 is 2.46 bits per heavy atom. The highest BCUT2D eigenvalue weighted by molar-refractivity contribution is 9.10. The summed E-state index contributed by atoms with van der Waals surface area (Å²) in [5.74, 6) is 0. The summed E-state index contributed by atoms with van der Waals surface area (Å²) in [7, 11) is 0. The summed E-state index contributed by atoms with van der Waals surface area (Å²) in [5, 5.41) is 12.7. The number of nitrogens with one attached hydrogen (secondary N) is 1. The molecule has 1 atom stereocenters. The van der Waals surface area contributed by atoms with Gasteiger partial charge in [-0.2, -0.15) is 0 Å². The van der Waals surface area contributed by atoms with Gasteiger partial charge in [0.25, 0.3) is 0 Å². The smallest absolute Gasteiger partial charge is 0.109 e. The summed E-state index contributed by atoms with van der Waals surface area (Å²) in [5.41, 5.74) is 0.684. The van der Waals surface area contributed by atoms with Gasteiger partial charge in [-0.25, -0.2) is 0 Å². The van der Waals surface area contributed by atoms with Crippen molar-refractivity contribution in [2.45, 2.75) is 13.0 Å². The van der Waals surface area contributed by atoms with Crippen LogP contribution in [0.25, 0.3) is 0 Å². The number of aliphatic hydroxyl groups is 1. The number of nitrogens with zero attached hydrogens (tertiary/aromatic N) is 1. The molecule has 0 saturated carbocycles. The van der Waals surface area contributed by atoms with Gasteiger partial charge in [0, 0.05) is 17.2 Å². The molecule has 1 rings (SSSR count). The van der Waals surface area contributed by atoms with E-state index in [1.165, 1.54) is 0 Å². The van der Waals surface area contributed by atoms with Gasteiger partial charge >= 0.3 is 0 Å². The van der Waals surface area contributed by atoms with Crippen LogP contribution in [0.5, 0.6) is 0 Å². The van der Waals surface area contributed by atoms with Crippen molar-refractivity contribution >= 4 is 15.9 Å². The second-order valence-electron chi connectivity index (χ2n) is 2.69. The maximum atomic E-state index is 9.68. The Hall–Kier alpha value is -0.450. The number of hydrogen-bond donors (Lipinski definition) is 2. The first-order valence-electron chi connectivity index (χ1n) is 4.25. The van der Waals surface area contributed by atoms with E-state index in [2.05, 4.69) is 26.2 Å². The van der Waals surface area contributed by atoms with Crippen LogP contribution in [0.2, 0.25) is 0 Å². The van der Waals surface area contributed by atoms with Gasteiger partial charge in [0.1, 0.15) is 6.10 Å². The summed E-state index contributed by atoms with van der Waals surface area (Å²) in [6.45, 7) is 3.38. The molecule has 0 amide bonds. The van der Waals surface area contributed by atoms with Gasteiger partial charge in [0.05, 0.1) is 5.69 Å². The van der Waals surface area contributed by atoms with Crippen molar-refractivity contribution in [3.8, 4) is 0 Å². The Morgan fingerprint density at radius 3 is 3.08 bits per heavy atom. The first kappa shape index (κ1) is 10.6. The third kappa shape index (κ3) is 3.06. The molecule has 0 spiro atoms. The molecule has 13 heavy (non-hydrogen) atoms. The van der Waals surface area contributed by atoms with E-state index in [1.54, 1.807) is 6.20 Å². The molecule has 2 N–H and O–H groups in total. The van der Waals surface area contributed by atoms with Gasteiger partial charge in [-0.15, -0.1) is 0 Å². The zero-order valence-electron chi connectivity index (χ0n) is 7.50. The molecule has 0 aliphatic rings. The molecule has 0 bridgehead atoms. The molecule has 4 heteroatoms. The molecule has 3 nitrogen and oxygen atoms in total. The average Bonchev–Trinajstić information content (AvgIpc) is 2.15. The topological polar surface area (TPSA) is 45.1 Å². The fourth-order valence-electron chi connectivity index (χ4n) is 1.02. The first-order valence-corrected chi connectivity index (χ1v) is 5.04. The molecule has 0 aromatic carbocycles. The van der Waals surface area contributed by atoms with Crippen molar-refractivity contribution in [1.82, 2.24) is 10.3 Å². The molecule has 1 aromatic heterocycles. The van der Waals surface area contributed by atoms with Crippen LogP contribution >= 0.6 is 15.9 Å². The number of hydrogen-bond acceptors (Lipinski definition) is 3. The van der Waals surface area contributed by atoms with Gasteiger partial charge in [-0.05, 0) is 34.6 Å². The monoisotopic (exact) mass is 244 g/mol. The molecule has 0 aliphatic carbocycles. The Balaban J connectivity index is 2.65. The molecule has 1 aromatic rings. The molecule has 1 heterocycles. The molecule has 0 radical (unpaired) electrons. The van der Waals surface area contributed by atoms with Gasteiger partial charge < -0.3 is 10.4 Å². The van der Waals surface area contributed by atoms with Gasteiger partial charge in [-0.3, -0.25) is 4.98 Å². The third-order valence-electron chi connectivity index (χ3n) is 1.69. The SMILES string of the molecule is CCNC[C@@H](O)c1ncccc1Br. The van der Waals surface area contributed by atoms with Crippen molar-refractivity contribution in [3.05, 3.63) is 28.5 Å². The zero-order valence-corrected chi connectivity index (χ0v) is 9.08. The molecule has 0 fully saturated rings. The average molecular weight is 245 g/mol. The van der Waals surface area contributed by atoms with Crippen LogP contribution in [0.4, 0.5) is 0 Å². The van der Waals surface area contributed by atoms with Gasteiger partial charge in [0.2, 0.25) is 0 Å². The van der Waals surface area contributed by atoms with Crippen LogP contribution in [-0.4, -0.2) is 23.2 Å². The number of likely N-dealkylation sites (N-methyl/N-ethyl adjacent to an activating group) is 1. The minimum Gasteiger partial charge on any atom is -0.385 e. The number of aliphatic hydroxyl groups excluding tert-OH is 1. The number of rotatable bonds is 4. The minimum atomic E-state index is -0.546. The maximum absolute atomic E-state index is 9.68. The highest BCUT2D eigenvalue weighted by Crippen LogP contribution is 2.19. The second-order valence-corrected chi connectivity index (χ2v) is 3.55. The van der Waals surface area contributed by atoms with Crippen LogP contribution in [0.3, 0.4) is 0 Å². The van der Waals surface area contributed by atoms with E-state index in [-0.39, 0.29) is 0 Å². The zero-order chi connectivity index (χ0) is 9.68. The Morgan fingerprint density at radius 1 is 1.69 bits per heavy atom. The van der Waals surface area contributed by atoms with E-state index in [0.29, 0.717) is 12.2 Å². The van der Waals surface area contributed by atoms with Crippen molar-refractivity contribution in [2.75, 3.05) is 13.1 Å². The van der Waals surface area contributed by atoms with E-state index >= 15 is 0 Å². The van der Waals surface area contributed by atoms with E-state index < -0.39 is 6.10 Å². The fourth-order valence-corrected chi connectivity index (χ4v) is 1.54. The summed E-state index contributed by atoms with van der Waals surface area (Å²) < 4.78 is 0.848. The number of pyridine rings is 1. The normalized spacial score (nSPS) is 12.8. The number of aromatic nitrogens is 1. The lowest BCUT2D eigenvalue weighted by molar-refractivity contribution is 0.170. The van der Waals surface area contributed by atoms with Gasteiger partial charge in [-0.1, -0.05) is 6.92 Å². The largest absolute Gasteiger partial charge is 0.385 e. The lowest BCUT2D eigenvalue weighted by atomic mass is 10.2. The van der Waals surface area contributed by atoms with Crippen LogP contribution in [0.1, 0.15) is 18.7 Å². The molecule has 0 aliphatic heterocycles. The maximum Gasteiger partial charge on any atom is 0.109 e. The molecule has 72 valence electrons. The molecular weight excluding hydrogens is 232 g/mol. The standard InChI is InChI=1S/C9H13BrN2O/c1-2-11-6-8(13)9-7(10)4-3-5-12-9/h3-5,8,11,13H,2,6H2,1H3/t8-/m1/s1. The summed E-state index contributed by atoms with van der Waals surface area (Å²) >= 11 is 3.34. The van der Waals surface area contributed by atoms with E-state index in [0.717, 1.165) is 11.0 Å². The summed E-state index contributed by atoms with van der Waals surface area (Å²) in [6.07, 6.45) is 1.13. The van der Waals surface area contributed by atoms with E-state index in [9.17, 15) is 5.11 Å². The van der Waals surface area contributed by atoms with Crippen LogP contribution < -0.4 is 5.32 Å². The lowest BCUT2D eigenvalue weighted by Gasteiger charge is -2.11. The molecule has 0 saturated heterocycles. The summed E-state index contributed by atoms with van der Waals surface area (Å²) in [4.78, 5) is 4.09. The molecule has 0 unspecified atom stereocenters. The first-order chi connectivity index (χ1) is 6.25. The van der Waals surface area contributed by atoms with Crippen molar-refractivity contribution in [1.29, 1.82) is 0 Å². The summed E-state index contributed by atoms with van der Waals surface area (Å²) in [6, 6.07) is 3.70. The van der Waals surface area contributed by atoms with E-state index in [1.807, 2.05) is 19.1 Å². The van der Waals surface area contributed by atoms with E-state index in [4.69, 9.17) is 0 Å². The van der Waals surface area contributed by atoms with Crippen LogP contribution in [0, 0.1) is 0 Å². The van der Waals surface area contributed by atoms with Crippen molar-refractivity contribution in [3.63, 3.8) is 0 Å². The Kier molecular flexibility index (Phi) is 4.35. The lowest BCUT2D eigenvalue weighted by Crippen LogP contribution is -2.21. The minimum absolute atomic E-state index is 0.534. The molecular formula is C9H13BrN2O. The highest BCUT2D eigenvalue weighted by Gasteiger charge is 2.10. The predicted molar refractivity (Wildman–Crippen MR) is 55.4 cm³/mol.